The number of aromatic nitrogens is 2. The minimum Gasteiger partial charge on any atom is -0.322 e. The maximum Gasteiger partial charge on any atom is 0.241 e. The zero-order valence-corrected chi connectivity index (χ0v) is 14.8. The zero-order valence-electron chi connectivity index (χ0n) is 14.8. The molecule has 1 aliphatic heterocycles. The molecule has 26 heavy (non-hydrogen) atoms. The van der Waals surface area contributed by atoms with Crippen LogP contribution >= 0.6 is 0 Å². The van der Waals surface area contributed by atoms with Gasteiger partial charge in [-0.05, 0) is 25.1 Å². The number of piperazine rings is 1. The Morgan fingerprint density at radius 2 is 2.19 bits per heavy atom. The van der Waals surface area contributed by atoms with Crippen molar-refractivity contribution in [2.24, 2.45) is 7.05 Å². The van der Waals surface area contributed by atoms with Gasteiger partial charge in [0.2, 0.25) is 11.8 Å². The lowest BCUT2D eigenvalue weighted by molar-refractivity contribution is -0.123. The summed E-state index contributed by atoms with van der Waals surface area (Å²) < 4.78 is 1.64. The Balaban J connectivity index is 1.58. The third kappa shape index (κ3) is 3.90. The van der Waals surface area contributed by atoms with Crippen LogP contribution in [0.2, 0.25) is 0 Å². The van der Waals surface area contributed by atoms with Crippen LogP contribution in [0.3, 0.4) is 0 Å². The zero-order chi connectivity index (χ0) is 18.7. The van der Waals surface area contributed by atoms with Crippen LogP contribution in [0.1, 0.15) is 11.3 Å². The number of carbonyl (C=O) groups excluding carboxylic acids is 2. The van der Waals surface area contributed by atoms with E-state index < -0.39 is 0 Å². The second-order valence-electron chi connectivity index (χ2n) is 6.27. The second kappa shape index (κ2) is 7.37. The number of rotatable bonds is 4. The number of benzene rings is 1. The van der Waals surface area contributed by atoms with E-state index in [2.05, 4.69) is 16.5 Å². The predicted molar refractivity (Wildman–Crippen MR) is 96.5 cm³/mol. The number of hydrogen-bond donors (Lipinski definition) is 1. The third-order valence-electron chi connectivity index (χ3n) is 4.24. The lowest BCUT2D eigenvalue weighted by atomic mass is 10.2. The average molecular weight is 352 g/mol. The molecule has 2 heterocycles. The second-order valence-corrected chi connectivity index (χ2v) is 6.27. The van der Waals surface area contributed by atoms with E-state index in [-0.39, 0.29) is 24.9 Å². The first kappa shape index (κ1) is 17.6. The fourth-order valence-electron chi connectivity index (χ4n) is 2.99. The quantitative estimate of drug-likeness (QED) is 0.882. The van der Waals surface area contributed by atoms with Crippen molar-refractivity contribution in [2.75, 3.05) is 36.4 Å². The van der Waals surface area contributed by atoms with Crippen molar-refractivity contribution in [3.05, 3.63) is 41.7 Å². The average Bonchev–Trinajstić information content (AvgIpc) is 2.92. The summed E-state index contributed by atoms with van der Waals surface area (Å²) in [5.41, 5.74) is 2.66. The Morgan fingerprint density at radius 3 is 2.85 bits per heavy atom. The van der Waals surface area contributed by atoms with Gasteiger partial charge in [-0.15, -0.1) is 0 Å². The van der Waals surface area contributed by atoms with Crippen LogP contribution in [0.25, 0.3) is 0 Å². The molecule has 1 N–H and O–H groups in total. The Hall–Kier alpha value is -3.18. The number of aryl methyl sites for hydroxylation is 2. The highest BCUT2D eigenvalue weighted by atomic mass is 16.2. The largest absolute Gasteiger partial charge is 0.322 e. The normalized spacial score (nSPS) is 15.0. The van der Waals surface area contributed by atoms with Crippen LogP contribution in [-0.4, -0.2) is 52.7 Å². The van der Waals surface area contributed by atoms with Gasteiger partial charge < -0.3 is 10.2 Å². The monoisotopic (exact) mass is 352 g/mol. The van der Waals surface area contributed by atoms with Crippen LogP contribution < -0.4 is 10.2 Å². The molecule has 0 bridgehead atoms. The molecular weight excluding hydrogens is 332 g/mol. The summed E-state index contributed by atoms with van der Waals surface area (Å²) in [5.74, 6) is -0.259. The summed E-state index contributed by atoms with van der Waals surface area (Å²) in [4.78, 5) is 28.2. The Labute approximate surface area is 151 Å². The molecule has 134 valence electrons. The van der Waals surface area contributed by atoms with Crippen molar-refractivity contribution in [1.82, 2.24) is 14.7 Å². The lowest BCUT2D eigenvalue weighted by Gasteiger charge is -2.34. The summed E-state index contributed by atoms with van der Waals surface area (Å²) in [5, 5.41) is 16.0. The molecule has 0 spiro atoms. The summed E-state index contributed by atoms with van der Waals surface area (Å²) in [7, 11) is 1.79. The van der Waals surface area contributed by atoms with E-state index in [0.717, 1.165) is 5.69 Å². The SMILES string of the molecule is Cc1nn(C)cc1NC(=O)CN1CCN(c2cccc(C#N)c2)C(=O)C1. The van der Waals surface area contributed by atoms with Gasteiger partial charge in [-0.25, -0.2) is 0 Å². The Morgan fingerprint density at radius 1 is 1.38 bits per heavy atom. The van der Waals surface area contributed by atoms with E-state index in [1.165, 1.54) is 0 Å². The summed E-state index contributed by atoms with van der Waals surface area (Å²) in [6.45, 7) is 3.20. The van der Waals surface area contributed by atoms with E-state index >= 15 is 0 Å². The predicted octanol–water partition coefficient (Wildman–Crippen LogP) is 0.887. The summed E-state index contributed by atoms with van der Waals surface area (Å²) in [6.07, 6.45) is 1.75. The number of nitrogens with zero attached hydrogens (tertiary/aromatic N) is 5. The number of carbonyl (C=O) groups is 2. The van der Waals surface area contributed by atoms with Crippen molar-refractivity contribution in [3.63, 3.8) is 0 Å². The maximum absolute atomic E-state index is 12.5. The molecule has 1 fully saturated rings. The van der Waals surface area contributed by atoms with Crippen LogP contribution in [-0.2, 0) is 16.6 Å². The van der Waals surface area contributed by atoms with E-state index in [0.29, 0.717) is 30.0 Å². The van der Waals surface area contributed by atoms with E-state index in [1.807, 2.05) is 17.9 Å². The minimum absolute atomic E-state index is 0.0864. The Bertz CT molecular complexity index is 882. The standard InChI is InChI=1S/C18H20N6O2/c1-13-16(10-22(2)21-13)20-17(25)11-23-6-7-24(18(26)12-23)15-5-3-4-14(8-15)9-19/h3-5,8,10H,6-7,11-12H2,1-2H3,(H,20,25). The molecular formula is C18H20N6O2. The van der Waals surface area contributed by atoms with Gasteiger partial charge >= 0.3 is 0 Å². The molecule has 1 aromatic heterocycles. The molecule has 0 unspecified atom stereocenters. The van der Waals surface area contributed by atoms with E-state index in [9.17, 15) is 9.59 Å². The van der Waals surface area contributed by atoms with Crippen LogP contribution in [0, 0.1) is 18.3 Å². The molecule has 2 aromatic rings. The molecule has 0 radical (unpaired) electrons. The van der Waals surface area contributed by atoms with Gasteiger partial charge in [0, 0.05) is 32.0 Å². The fraction of sp³-hybridized carbons (Fsp3) is 0.333. The topological polar surface area (TPSA) is 94.3 Å². The van der Waals surface area contributed by atoms with Crippen molar-refractivity contribution in [2.45, 2.75) is 6.92 Å². The molecule has 0 aliphatic carbocycles. The maximum atomic E-state index is 12.5. The van der Waals surface area contributed by atoms with Gasteiger partial charge in [0.25, 0.3) is 0 Å². The summed E-state index contributed by atoms with van der Waals surface area (Å²) in [6, 6.07) is 9.05. The molecule has 0 saturated carbocycles. The van der Waals surface area contributed by atoms with Gasteiger partial charge in [-0.1, -0.05) is 6.07 Å². The van der Waals surface area contributed by atoms with Crippen LogP contribution in [0.4, 0.5) is 11.4 Å². The Kier molecular flexibility index (Phi) is 5.00. The highest BCUT2D eigenvalue weighted by Crippen LogP contribution is 2.19. The van der Waals surface area contributed by atoms with Gasteiger partial charge in [0.05, 0.1) is 36.1 Å². The molecule has 2 amide bonds. The smallest absolute Gasteiger partial charge is 0.241 e. The third-order valence-corrected chi connectivity index (χ3v) is 4.24. The first-order valence-electron chi connectivity index (χ1n) is 8.29. The molecule has 1 saturated heterocycles. The van der Waals surface area contributed by atoms with Gasteiger partial charge in [0.15, 0.2) is 0 Å². The molecule has 8 nitrogen and oxygen atoms in total. The van der Waals surface area contributed by atoms with Crippen LogP contribution in [0.15, 0.2) is 30.5 Å². The molecule has 0 atom stereocenters. The van der Waals surface area contributed by atoms with Crippen LogP contribution in [0.5, 0.6) is 0 Å². The highest BCUT2D eigenvalue weighted by Gasteiger charge is 2.26. The molecule has 8 heteroatoms. The summed E-state index contributed by atoms with van der Waals surface area (Å²) >= 11 is 0. The van der Waals surface area contributed by atoms with Gasteiger partial charge in [-0.3, -0.25) is 19.2 Å². The van der Waals surface area contributed by atoms with Crippen molar-refractivity contribution in [1.29, 1.82) is 5.26 Å². The van der Waals surface area contributed by atoms with Gasteiger partial charge in [-0.2, -0.15) is 10.4 Å². The molecule has 3 rings (SSSR count). The number of nitriles is 1. The first-order chi connectivity index (χ1) is 12.5. The van der Waals surface area contributed by atoms with Gasteiger partial charge in [0.1, 0.15) is 0 Å². The number of hydrogen-bond acceptors (Lipinski definition) is 5. The lowest BCUT2D eigenvalue weighted by Crippen LogP contribution is -2.52. The van der Waals surface area contributed by atoms with Crippen molar-refractivity contribution in [3.8, 4) is 6.07 Å². The highest BCUT2D eigenvalue weighted by molar-refractivity contribution is 5.97. The van der Waals surface area contributed by atoms with Crippen molar-refractivity contribution >= 4 is 23.2 Å². The first-order valence-corrected chi connectivity index (χ1v) is 8.29. The molecule has 1 aromatic carbocycles. The number of amides is 2. The van der Waals surface area contributed by atoms with E-state index in [4.69, 9.17) is 5.26 Å². The van der Waals surface area contributed by atoms with Crippen molar-refractivity contribution < 1.29 is 9.59 Å². The van der Waals surface area contributed by atoms with E-state index in [1.54, 1.807) is 41.0 Å². The number of nitrogens with one attached hydrogen (secondary N) is 1. The fourth-order valence-corrected chi connectivity index (χ4v) is 2.99. The minimum atomic E-state index is -0.172. The molecule has 1 aliphatic rings. The number of anilines is 2.